The van der Waals surface area contributed by atoms with E-state index in [1.54, 1.807) is 6.92 Å². The molecule has 1 heterocycles. The molecule has 1 aliphatic carbocycles. The molecule has 1 aromatic heterocycles. The molecule has 0 radical (unpaired) electrons. The Balaban J connectivity index is 1.87. The second-order valence-electron chi connectivity index (χ2n) is 6.67. The van der Waals surface area contributed by atoms with E-state index in [9.17, 15) is 14.4 Å². The van der Waals surface area contributed by atoms with E-state index >= 15 is 0 Å². The standard InChI is InChI=1S/C17H28N6O3S/c1-3-23-14(10-9-13(18)24)21-22-17(23)27-11(2)15(25)20-16(26)19-12-7-5-4-6-8-12/h11-12H,3-10H2,1-2H3,(H2,18,24)(H2,19,20,25,26)/t11-/m0/s1. The van der Waals surface area contributed by atoms with Crippen molar-refractivity contribution in [3.63, 3.8) is 0 Å². The van der Waals surface area contributed by atoms with Crippen LogP contribution in [0.4, 0.5) is 4.79 Å². The van der Waals surface area contributed by atoms with Crippen molar-refractivity contribution in [1.82, 2.24) is 25.4 Å². The molecular weight excluding hydrogens is 368 g/mol. The number of hydrogen-bond donors (Lipinski definition) is 3. The van der Waals surface area contributed by atoms with Crippen LogP contribution >= 0.6 is 11.8 Å². The zero-order valence-corrected chi connectivity index (χ0v) is 16.7. The molecule has 10 heteroatoms. The first-order chi connectivity index (χ1) is 12.9. The van der Waals surface area contributed by atoms with Crippen LogP contribution in [-0.4, -0.2) is 43.9 Å². The highest BCUT2D eigenvalue weighted by atomic mass is 32.2. The first kappa shape index (κ1) is 21.2. The van der Waals surface area contributed by atoms with Gasteiger partial charge in [0.25, 0.3) is 0 Å². The largest absolute Gasteiger partial charge is 0.370 e. The summed E-state index contributed by atoms with van der Waals surface area (Å²) < 4.78 is 1.85. The molecule has 0 bridgehead atoms. The van der Waals surface area contributed by atoms with E-state index in [2.05, 4.69) is 20.8 Å². The third kappa shape index (κ3) is 6.53. The molecule has 4 amide bonds. The molecule has 2 rings (SSSR count). The van der Waals surface area contributed by atoms with E-state index in [4.69, 9.17) is 5.73 Å². The molecule has 0 spiro atoms. The third-order valence-electron chi connectivity index (χ3n) is 4.53. The van der Waals surface area contributed by atoms with Crippen LogP contribution in [0.2, 0.25) is 0 Å². The van der Waals surface area contributed by atoms with Gasteiger partial charge in [0.1, 0.15) is 5.82 Å². The number of nitrogens with two attached hydrogens (primary N) is 1. The topological polar surface area (TPSA) is 132 Å². The minimum atomic E-state index is -0.513. The molecule has 1 fully saturated rings. The average Bonchev–Trinajstić information content (AvgIpc) is 3.02. The van der Waals surface area contributed by atoms with Crippen molar-refractivity contribution in [2.75, 3.05) is 0 Å². The van der Waals surface area contributed by atoms with Gasteiger partial charge in [-0.2, -0.15) is 0 Å². The summed E-state index contributed by atoms with van der Waals surface area (Å²) in [7, 11) is 0. The number of imide groups is 1. The molecule has 0 aliphatic heterocycles. The van der Waals surface area contributed by atoms with Crippen molar-refractivity contribution in [3.05, 3.63) is 5.82 Å². The Labute approximate surface area is 163 Å². The average molecular weight is 397 g/mol. The van der Waals surface area contributed by atoms with E-state index in [1.165, 1.54) is 18.2 Å². The Morgan fingerprint density at radius 3 is 2.59 bits per heavy atom. The van der Waals surface area contributed by atoms with Crippen LogP contribution in [0.25, 0.3) is 0 Å². The van der Waals surface area contributed by atoms with Crippen molar-refractivity contribution in [2.24, 2.45) is 5.73 Å². The molecule has 4 N–H and O–H groups in total. The summed E-state index contributed by atoms with van der Waals surface area (Å²) in [5.41, 5.74) is 5.18. The normalized spacial score (nSPS) is 15.9. The summed E-state index contributed by atoms with van der Waals surface area (Å²) >= 11 is 1.23. The van der Waals surface area contributed by atoms with Crippen molar-refractivity contribution in [3.8, 4) is 0 Å². The van der Waals surface area contributed by atoms with Gasteiger partial charge in [-0.25, -0.2) is 4.79 Å². The fourth-order valence-corrected chi connectivity index (χ4v) is 3.97. The number of hydrogen-bond acceptors (Lipinski definition) is 6. The van der Waals surface area contributed by atoms with Crippen LogP contribution in [0.1, 0.15) is 58.2 Å². The summed E-state index contributed by atoms with van der Waals surface area (Å²) in [5.74, 6) is -0.120. The number of carbonyl (C=O) groups excluding carboxylic acids is 3. The lowest BCUT2D eigenvalue weighted by Gasteiger charge is -2.23. The van der Waals surface area contributed by atoms with Crippen molar-refractivity contribution >= 4 is 29.6 Å². The van der Waals surface area contributed by atoms with Gasteiger partial charge in [0.15, 0.2) is 5.16 Å². The van der Waals surface area contributed by atoms with Gasteiger partial charge in [-0.1, -0.05) is 31.0 Å². The number of carbonyl (C=O) groups is 3. The molecule has 1 aromatic rings. The Morgan fingerprint density at radius 1 is 1.26 bits per heavy atom. The van der Waals surface area contributed by atoms with Crippen molar-refractivity contribution < 1.29 is 14.4 Å². The second-order valence-corrected chi connectivity index (χ2v) is 7.98. The molecular formula is C17H28N6O3S. The van der Waals surface area contributed by atoms with Crippen molar-refractivity contribution in [1.29, 1.82) is 0 Å². The number of thioether (sulfide) groups is 1. The van der Waals surface area contributed by atoms with Gasteiger partial charge in [-0.05, 0) is 26.7 Å². The third-order valence-corrected chi connectivity index (χ3v) is 5.61. The summed E-state index contributed by atoms with van der Waals surface area (Å²) in [6, 6.07) is -0.302. The number of rotatable bonds is 8. The predicted molar refractivity (Wildman–Crippen MR) is 102 cm³/mol. The van der Waals surface area contributed by atoms with Crippen LogP contribution in [0.15, 0.2) is 5.16 Å². The van der Waals surface area contributed by atoms with Crippen molar-refractivity contribution in [2.45, 2.75) is 81.8 Å². The first-order valence-corrected chi connectivity index (χ1v) is 10.3. The molecule has 27 heavy (non-hydrogen) atoms. The minimum Gasteiger partial charge on any atom is -0.370 e. The minimum absolute atomic E-state index is 0.144. The Bertz CT molecular complexity index is 672. The summed E-state index contributed by atoms with van der Waals surface area (Å²) in [4.78, 5) is 35.3. The van der Waals surface area contributed by atoms with E-state index in [0.29, 0.717) is 23.9 Å². The molecule has 9 nitrogen and oxygen atoms in total. The fraction of sp³-hybridized carbons (Fsp3) is 0.706. The fourth-order valence-electron chi connectivity index (χ4n) is 3.04. The summed E-state index contributed by atoms with van der Waals surface area (Å²) in [5, 5.41) is 13.5. The first-order valence-electron chi connectivity index (χ1n) is 9.39. The van der Waals surface area contributed by atoms with Gasteiger partial charge in [0.2, 0.25) is 11.8 Å². The van der Waals surface area contributed by atoms with Gasteiger partial charge in [-0.3, -0.25) is 14.9 Å². The van der Waals surface area contributed by atoms with E-state index in [0.717, 1.165) is 25.7 Å². The van der Waals surface area contributed by atoms with E-state index < -0.39 is 17.2 Å². The quantitative estimate of drug-likeness (QED) is 0.568. The highest BCUT2D eigenvalue weighted by molar-refractivity contribution is 8.00. The molecule has 1 aliphatic rings. The highest BCUT2D eigenvalue weighted by Gasteiger charge is 2.23. The number of primary amides is 1. The zero-order valence-electron chi connectivity index (χ0n) is 15.9. The van der Waals surface area contributed by atoms with Gasteiger partial charge in [-0.15, -0.1) is 10.2 Å². The highest BCUT2D eigenvalue weighted by Crippen LogP contribution is 2.23. The number of amides is 4. The van der Waals surface area contributed by atoms with Crippen LogP contribution in [0.3, 0.4) is 0 Å². The zero-order chi connectivity index (χ0) is 19.8. The predicted octanol–water partition coefficient (Wildman–Crippen LogP) is 1.36. The smallest absolute Gasteiger partial charge is 0.321 e. The van der Waals surface area contributed by atoms with Gasteiger partial charge < -0.3 is 15.6 Å². The molecule has 0 saturated heterocycles. The van der Waals surface area contributed by atoms with Crippen LogP contribution in [0.5, 0.6) is 0 Å². The van der Waals surface area contributed by atoms with E-state index in [1.807, 2.05) is 11.5 Å². The van der Waals surface area contributed by atoms with E-state index in [-0.39, 0.29) is 18.4 Å². The molecule has 0 aromatic carbocycles. The lowest BCUT2D eigenvalue weighted by Crippen LogP contribution is -2.47. The van der Waals surface area contributed by atoms with Gasteiger partial charge in [0, 0.05) is 25.4 Å². The maximum atomic E-state index is 12.3. The SMILES string of the molecule is CCn1c(CCC(N)=O)nnc1S[C@@H](C)C(=O)NC(=O)NC1CCCCC1. The molecule has 0 unspecified atom stereocenters. The number of aryl methyl sites for hydroxylation is 1. The molecule has 1 atom stereocenters. The lowest BCUT2D eigenvalue weighted by atomic mass is 9.96. The molecule has 1 saturated carbocycles. The number of nitrogens with one attached hydrogen (secondary N) is 2. The number of urea groups is 1. The van der Waals surface area contributed by atoms with Crippen LogP contribution in [0, 0.1) is 0 Å². The lowest BCUT2D eigenvalue weighted by molar-refractivity contribution is -0.119. The second kappa shape index (κ2) is 10.3. The number of aromatic nitrogens is 3. The van der Waals surface area contributed by atoms with Crippen LogP contribution in [-0.2, 0) is 22.6 Å². The maximum absolute atomic E-state index is 12.3. The van der Waals surface area contributed by atoms with Gasteiger partial charge >= 0.3 is 6.03 Å². The Morgan fingerprint density at radius 2 is 1.96 bits per heavy atom. The number of nitrogens with zero attached hydrogens (tertiary/aromatic N) is 3. The summed E-state index contributed by atoms with van der Waals surface area (Å²) in [6.45, 7) is 4.26. The monoisotopic (exact) mass is 396 g/mol. The van der Waals surface area contributed by atoms with Crippen LogP contribution < -0.4 is 16.4 Å². The Hall–Kier alpha value is -2.10. The summed E-state index contributed by atoms with van der Waals surface area (Å²) in [6.07, 6.45) is 5.93. The Kier molecular flexibility index (Phi) is 8.08. The maximum Gasteiger partial charge on any atom is 0.321 e. The van der Waals surface area contributed by atoms with Gasteiger partial charge in [0.05, 0.1) is 5.25 Å². The molecule has 150 valence electrons.